The van der Waals surface area contributed by atoms with E-state index in [4.69, 9.17) is 9.47 Å². The first-order chi connectivity index (χ1) is 13.7. The molecular weight excluding hydrogens is 354 g/mol. The average Bonchev–Trinajstić information content (AvgIpc) is 2.74. The van der Waals surface area contributed by atoms with Crippen molar-refractivity contribution in [2.75, 3.05) is 24.9 Å². The van der Waals surface area contributed by atoms with Crippen LogP contribution in [0.25, 0.3) is 0 Å². The molecule has 1 fully saturated rings. The zero-order valence-electron chi connectivity index (χ0n) is 16.7. The van der Waals surface area contributed by atoms with Crippen LogP contribution in [0.15, 0.2) is 36.5 Å². The van der Waals surface area contributed by atoms with Crippen LogP contribution in [0, 0.1) is 0 Å². The Hall–Kier alpha value is -2.76. The summed E-state index contributed by atoms with van der Waals surface area (Å²) >= 11 is 0. The predicted molar refractivity (Wildman–Crippen MR) is 111 cm³/mol. The van der Waals surface area contributed by atoms with E-state index in [-0.39, 0.29) is 5.91 Å². The number of hydrogen-bond acceptors (Lipinski definition) is 5. The Labute approximate surface area is 166 Å². The van der Waals surface area contributed by atoms with Gasteiger partial charge in [-0.1, -0.05) is 25.3 Å². The Bertz CT molecular complexity index is 771. The summed E-state index contributed by atoms with van der Waals surface area (Å²) in [6.45, 7) is 0. The molecule has 1 aromatic carbocycles. The zero-order chi connectivity index (χ0) is 19.8. The SMILES string of the molecule is COc1ccc(CCC(=O)Nc2ccc(NC3CCCCC3)cn2)cc1OC. The molecule has 2 aromatic rings. The summed E-state index contributed by atoms with van der Waals surface area (Å²) in [6.07, 6.45) is 9.14. The van der Waals surface area contributed by atoms with E-state index >= 15 is 0 Å². The number of carbonyl (C=O) groups excluding carboxylic acids is 1. The minimum Gasteiger partial charge on any atom is -0.493 e. The number of nitrogens with zero attached hydrogens (tertiary/aromatic N) is 1. The second-order valence-corrected chi connectivity index (χ2v) is 7.15. The number of carbonyl (C=O) groups is 1. The van der Waals surface area contributed by atoms with E-state index in [1.807, 2.05) is 30.3 Å². The Morgan fingerprint density at radius 1 is 1.07 bits per heavy atom. The third-order valence-corrected chi connectivity index (χ3v) is 5.10. The minimum atomic E-state index is -0.0599. The van der Waals surface area contributed by atoms with Crippen LogP contribution >= 0.6 is 0 Å². The third kappa shape index (κ3) is 5.62. The van der Waals surface area contributed by atoms with Crippen molar-refractivity contribution in [1.82, 2.24) is 4.98 Å². The second kappa shape index (κ2) is 9.97. The van der Waals surface area contributed by atoms with E-state index < -0.39 is 0 Å². The summed E-state index contributed by atoms with van der Waals surface area (Å²) in [5.74, 6) is 1.87. The highest BCUT2D eigenvalue weighted by atomic mass is 16.5. The molecule has 6 nitrogen and oxygen atoms in total. The fourth-order valence-corrected chi connectivity index (χ4v) is 3.54. The molecule has 150 valence electrons. The van der Waals surface area contributed by atoms with Gasteiger partial charge in [0.25, 0.3) is 0 Å². The predicted octanol–water partition coefficient (Wildman–Crippen LogP) is 4.41. The number of rotatable bonds is 8. The molecule has 0 atom stereocenters. The summed E-state index contributed by atoms with van der Waals surface area (Å²) < 4.78 is 10.5. The molecular formula is C22H29N3O3. The Morgan fingerprint density at radius 3 is 2.54 bits per heavy atom. The lowest BCUT2D eigenvalue weighted by Crippen LogP contribution is -2.22. The van der Waals surface area contributed by atoms with Crippen molar-refractivity contribution in [3.05, 3.63) is 42.1 Å². The van der Waals surface area contributed by atoms with Crippen molar-refractivity contribution in [1.29, 1.82) is 0 Å². The number of nitrogens with one attached hydrogen (secondary N) is 2. The third-order valence-electron chi connectivity index (χ3n) is 5.10. The molecule has 1 aliphatic rings. The number of benzene rings is 1. The standard InChI is InChI=1S/C22H29N3O3/c1-27-19-11-8-16(14-20(19)28-2)9-13-22(26)25-21-12-10-18(15-23-21)24-17-6-4-3-5-7-17/h8,10-12,14-15,17,24H,3-7,9,13H2,1-2H3,(H,23,25,26). The lowest BCUT2D eigenvalue weighted by Gasteiger charge is -2.23. The lowest BCUT2D eigenvalue weighted by atomic mass is 9.95. The summed E-state index contributed by atoms with van der Waals surface area (Å²) in [5.41, 5.74) is 2.03. The molecule has 1 heterocycles. The lowest BCUT2D eigenvalue weighted by molar-refractivity contribution is -0.116. The van der Waals surface area contributed by atoms with Crippen LogP contribution in [-0.4, -0.2) is 31.2 Å². The van der Waals surface area contributed by atoms with Gasteiger partial charge in [0.05, 0.1) is 26.1 Å². The van der Waals surface area contributed by atoms with Gasteiger partial charge in [-0.25, -0.2) is 4.98 Å². The average molecular weight is 383 g/mol. The van der Waals surface area contributed by atoms with Crippen LogP contribution in [0.1, 0.15) is 44.1 Å². The normalized spacial score (nSPS) is 14.4. The molecule has 2 N–H and O–H groups in total. The van der Waals surface area contributed by atoms with Gasteiger partial charge in [0, 0.05) is 12.5 Å². The van der Waals surface area contributed by atoms with E-state index in [2.05, 4.69) is 15.6 Å². The molecule has 6 heteroatoms. The number of amides is 1. The molecule has 1 aromatic heterocycles. The van der Waals surface area contributed by atoms with Crippen molar-refractivity contribution in [3.63, 3.8) is 0 Å². The molecule has 0 radical (unpaired) electrons. The summed E-state index contributed by atoms with van der Waals surface area (Å²) in [7, 11) is 3.21. The van der Waals surface area contributed by atoms with E-state index in [1.165, 1.54) is 32.1 Å². The summed E-state index contributed by atoms with van der Waals surface area (Å²) in [4.78, 5) is 16.6. The van der Waals surface area contributed by atoms with Crippen LogP contribution < -0.4 is 20.1 Å². The van der Waals surface area contributed by atoms with Crippen molar-refractivity contribution in [2.45, 2.75) is 51.0 Å². The van der Waals surface area contributed by atoms with Gasteiger partial charge in [0.15, 0.2) is 11.5 Å². The highest BCUT2D eigenvalue weighted by molar-refractivity contribution is 5.90. The quantitative estimate of drug-likeness (QED) is 0.706. The fourth-order valence-electron chi connectivity index (χ4n) is 3.54. The van der Waals surface area contributed by atoms with E-state index in [9.17, 15) is 4.79 Å². The first-order valence-corrected chi connectivity index (χ1v) is 9.91. The molecule has 1 saturated carbocycles. The first-order valence-electron chi connectivity index (χ1n) is 9.91. The van der Waals surface area contributed by atoms with Gasteiger partial charge in [-0.2, -0.15) is 0 Å². The number of pyridine rings is 1. The van der Waals surface area contributed by atoms with E-state index in [1.54, 1.807) is 20.4 Å². The number of hydrogen-bond donors (Lipinski definition) is 2. The molecule has 0 saturated heterocycles. The second-order valence-electron chi connectivity index (χ2n) is 7.15. The van der Waals surface area contributed by atoms with Crippen molar-refractivity contribution < 1.29 is 14.3 Å². The first kappa shape index (κ1) is 20.0. The van der Waals surface area contributed by atoms with Gasteiger partial charge >= 0.3 is 0 Å². The molecule has 0 bridgehead atoms. The topological polar surface area (TPSA) is 72.5 Å². The molecule has 1 amide bonds. The van der Waals surface area contributed by atoms with Crippen LogP contribution in [0.2, 0.25) is 0 Å². The van der Waals surface area contributed by atoms with Crippen LogP contribution in [0.3, 0.4) is 0 Å². The maximum atomic E-state index is 12.2. The van der Waals surface area contributed by atoms with E-state index in [0.29, 0.717) is 36.2 Å². The van der Waals surface area contributed by atoms with Gasteiger partial charge in [-0.05, 0) is 49.1 Å². The monoisotopic (exact) mass is 383 g/mol. The number of ether oxygens (including phenoxy) is 2. The highest BCUT2D eigenvalue weighted by Gasteiger charge is 2.13. The Kier molecular flexibility index (Phi) is 7.12. The Morgan fingerprint density at radius 2 is 1.86 bits per heavy atom. The molecule has 28 heavy (non-hydrogen) atoms. The highest BCUT2D eigenvalue weighted by Crippen LogP contribution is 2.28. The number of aromatic nitrogens is 1. The number of anilines is 2. The number of aryl methyl sites for hydroxylation is 1. The van der Waals surface area contributed by atoms with Gasteiger partial charge in [-0.15, -0.1) is 0 Å². The maximum absolute atomic E-state index is 12.2. The van der Waals surface area contributed by atoms with Gasteiger partial charge < -0.3 is 20.1 Å². The van der Waals surface area contributed by atoms with Crippen molar-refractivity contribution in [3.8, 4) is 11.5 Å². The van der Waals surface area contributed by atoms with E-state index in [0.717, 1.165) is 11.3 Å². The van der Waals surface area contributed by atoms with Crippen molar-refractivity contribution >= 4 is 17.4 Å². The molecule has 0 unspecified atom stereocenters. The minimum absolute atomic E-state index is 0.0599. The van der Waals surface area contributed by atoms with Crippen LogP contribution in [0.5, 0.6) is 11.5 Å². The summed E-state index contributed by atoms with van der Waals surface area (Å²) in [5, 5.41) is 6.39. The largest absolute Gasteiger partial charge is 0.493 e. The van der Waals surface area contributed by atoms with Gasteiger partial charge in [0.2, 0.25) is 5.91 Å². The number of methoxy groups -OCH3 is 2. The molecule has 1 aliphatic carbocycles. The maximum Gasteiger partial charge on any atom is 0.225 e. The molecule has 0 aliphatic heterocycles. The molecule has 3 rings (SSSR count). The fraction of sp³-hybridized carbons (Fsp3) is 0.455. The zero-order valence-corrected chi connectivity index (χ0v) is 16.7. The van der Waals surface area contributed by atoms with Crippen LogP contribution in [-0.2, 0) is 11.2 Å². The summed E-state index contributed by atoms with van der Waals surface area (Å²) in [6, 6.07) is 10.1. The Balaban J connectivity index is 1.48. The van der Waals surface area contributed by atoms with Gasteiger partial charge in [-0.3, -0.25) is 4.79 Å². The van der Waals surface area contributed by atoms with Gasteiger partial charge in [0.1, 0.15) is 5.82 Å². The smallest absolute Gasteiger partial charge is 0.225 e. The molecule has 0 spiro atoms. The van der Waals surface area contributed by atoms with Crippen molar-refractivity contribution in [2.24, 2.45) is 0 Å². The van der Waals surface area contributed by atoms with Crippen LogP contribution in [0.4, 0.5) is 11.5 Å².